The predicted molar refractivity (Wildman–Crippen MR) is 105 cm³/mol. The van der Waals surface area contributed by atoms with Gasteiger partial charge in [-0.1, -0.05) is 61.7 Å². The predicted octanol–water partition coefficient (Wildman–Crippen LogP) is 6.02. The van der Waals surface area contributed by atoms with Crippen LogP contribution >= 0.6 is 11.6 Å². The van der Waals surface area contributed by atoms with Crippen molar-refractivity contribution in [2.75, 3.05) is 6.61 Å². The van der Waals surface area contributed by atoms with E-state index in [2.05, 4.69) is 12.1 Å². The first kappa shape index (κ1) is 18.3. The van der Waals surface area contributed by atoms with Gasteiger partial charge in [-0.15, -0.1) is 4.91 Å². The average molecular weight is 373 g/mol. The fourth-order valence-electron chi connectivity index (χ4n) is 3.06. The summed E-state index contributed by atoms with van der Waals surface area (Å²) in [6, 6.07) is 12.8. The molecule has 136 valence electrons. The molecule has 0 radical (unpaired) electrons. The van der Waals surface area contributed by atoms with Crippen LogP contribution in [-0.4, -0.2) is 16.3 Å². The molecule has 3 aromatic rings. The van der Waals surface area contributed by atoms with Crippen molar-refractivity contribution in [1.82, 2.24) is 4.57 Å². The van der Waals surface area contributed by atoms with Gasteiger partial charge in [-0.2, -0.15) is 0 Å². The fraction of sp³-hybridized carbons (Fsp3) is 0.300. The lowest BCUT2D eigenvalue weighted by Crippen LogP contribution is -2.04. The zero-order chi connectivity index (χ0) is 18.5. The van der Waals surface area contributed by atoms with Crippen LogP contribution < -0.4 is 4.74 Å². The highest BCUT2D eigenvalue weighted by Crippen LogP contribution is 2.42. The molecule has 26 heavy (non-hydrogen) atoms. The lowest BCUT2D eigenvalue weighted by atomic mass is 10.2. The van der Waals surface area contributed by atoms with Crippen molar-refractivity contribution in [2.45, 2.75) is 32.7 Å². The van der Waals surface area contributed by atoms with Gasteiger partial charge in [0, 0.05) is 10.9 Å². The first-order chi connectivity index (χ1) is 12.7. The summed E-state index contributed by atoms with van der Waals surface area (Å²) in [5, 5.41) is 14.5. The molecule has 0 unspecified atom stereocenters. The van der Waals surface area contributed by atoms with Crippen LogP contribution in [0, 0.1) is 4.91 Å². The Balaban J connectivity index is 1.97. The van der Waals surface area contributed by atoms with Gasteiger partial charge in [0.25, 0.3) is 0 Å². The van der Waals surface area contributed by atoms with Gasteiger partial charge >= 0.3 is 0 Å². The molecule has 0 fully saturated rings. The number of benzene rings is 2. The Kier molecular flexibility index (Phi) is 5.78. The number of halogens is 1. The number of aromatic nitrogens is 1. The molecular formula is C20H21ClN2O3. The lowest BCUT2D eigenvalue weighted by molar-refractivity contribution is 0.302. The van der Waals surface area contributed by atoms with Crippen LogP contribution in [0.25, 0.3) is 10.9 Å². The number of nitroso groups, excluding NO2 is 1. The van der Waals surface area contributed by atoms with Crippen molar-refractivity contribution >= 4 is 28.2 Å². The number of aromatic hydroxyl groups is 1. The van der Waals surface area contributed by atoms with E-state index in [1.807, 2.05) is 24.3 Å². The number of hydrogen-bond acceptors (Lipinski definition) is 4. The van der Waals surface area contributed by atoms with Crippen molar-refractivity contribution in [3.05, 3.63) is 58.0 Å². The maximum Gasteiger partial charge on any atom is 0.222 e. The van der Waals surface area contributed by atoms with Crippen LogP contribution in [0.1, 0.15) is 31.7 Å². The highest BCUT2D eigenvalue weighted by molar-refractivity contribution is 6.35. The third kappa shape index (κ3) is 3.53. The van der Waals surface area contributed by atoms with E-state index in [0.29, 0.717) is 29.1 Å². The topological polar surface area (TPSA) is 63.8 Å². The van der Waals surface area contributed by atoms with Gasteiger partial charge in [-0.3, -0.25) is 0 Å². The molecule has 0 saturated heterocycles. The number of nitrogens with zero attached hydrogens (tertiary/aromatic N) is 2. The summed E-state index contributed by atoms with van der Waals surface area (Å²) in [5.41, 5.74) is 1.49. The van der Waals surface area contributed by atoms with E-state index in [1.54, 1.807) is 22.8 Å². The van der Waals surface area contributed by atoms with Gasteiger partial charge in [0.05, 0.1) is 23.7 Å². The first-order valence-corrected chi connectivity index (χ1v) is 9.09. The fourth-order valence-corrected chi connectivity index (χ4v) is 3.34. The Hall–Kier alpha value is -2.53. The minimum atomic E-state index is -0.191. The third-order valence-corrected chi connectivity index (χ3v) is 4.68. The smallest absolute Gasteiger partial charge is 0.222 e. The molecule has 0 aliphatic carbocycles. The van der Waals surface area contributed by atoms with Crippen LogP contribution in [-0.2, 0) is 6.54 Å². The number of unbranched alkanes of at least 4 members (excludes halogenated alkanes) is 2. The molecule has 0 atom stereocenters. The number of fused-ring (bicyclic) bond motifs is 1. The lowest BCUT2D eigenvalue weighted by Gasteiger charge is -2.13. The first-order valence-electron chi connectivity index (χ1n) is 8.71. The number of para-hydroxylation sites is 2. The Morgan fingerprint density at radius 3 is 2.73 bits per heavy atom. The summed E-state index contributed by atoms with van der Waals surface area (Å²) in [5.74, 6) is 0.571. The van der Waals surface area contributed by atoms with Crippen molar-refractivity contribution in [2.24, 2.45) is 5.18 Å². The van der Waals surface area contributed by atoms with E-state index in [-0.39, 0.29) is 11.6 Å². The molecule has 1 aromatic heterocycles. The zero-order valence-electron chi connectivity index (χ0n) is 14.6. The van der Waals surface area contributed by atoms with Crippen molar-refractivity contribution in [1.29, 1.82) is 0 Å². The Bertz CT molecular complexity index is 921. The summed E-state index contributed by atoms with van der Waals surface area (Å²) in [6.07, 6.45) is 3.25. The van der Waals surface area contributed by atoms with E-state index in [1.165, 1.54) is 0 Å². The van der Waals surface area contributed by atoms with Crippen LogP contribution in [0.4, 0.5) is 5.69 Å². The summed E-state index contributed by atoms with van der Waals surface area (Å²) in [6.45, 7) is 3.12. The minimum Gasteiger partial charge on any atom is -0.493 e. The van der Waals surface area contributed by atoms with Crippen molar-refractivity contribution < 1.29 is 9.84 Å². The molecule has 3 rings (SSSR count). The molecule has 2 aromatic carbocycles. The summed E-state index contributed by atoms with van der Waals surface area (Å²) in [4.78, 5) is 11.2. The van der Waals surface area contributed by atoms with Crippen molar-refractivity contribution in [3.63, 3.8) is 0 Å². The van der Waals surface area contributed by atoms with Gasteiger partial charge in [-0.05, 0) is 23.7 Å². The molecule has 0 bridgehead atoms. The molecule has 0 spiro atoms. The molecule has 0 aliphatic heterocycles. The van der Waals surface area contributed by atoms with Gasteiger partial charge in [0.15, 0.2) is 5.69 Å². The Labute approximate surface area is 157 Å². The summed E-state index contributed by atoms with van der Waals surface area (Å²) in [7, 11) is 0. The second kappa shape index (κ2) is 8.23. The molecule has 0 aliphatic rings. The second-order valence-electron chi connectivity index (χ2n) is 6.15. The third-order valence-electron chi connectivity index (χ3n) is 4.38. The monoisotopic (exact) mass is 372 g/mol. The van der Waals surface area contributed by atoms with Crippen LogP contribution in [0.3, 0.4) is 0 Å². The molecule has 0 amide bonds. The zero-order valence-corrected chi connectivity index (χ0v) is 15.4. The van der Waals surface area contributed by atoms with E-state index in [9.17, 15) is 10.0 Å². The average Bonchev–Trinajstić information content (AvgIpc) is 2.92. The SMILES string of the molecule is CCCCCOc1ccccc1Cn1c(O)c(N=O)c2cccc(Cl)c21. The standard InChI is InChI=1S/C20H21ClN2O3/c1-2-3-6-12-26-17-11-5-4-8-14(17)13-23-19-15(9-7-10-16(19)21)18(22-25)20(23)24/h4-5,7-11,24H,2-3,6,12-13H2,1H3. The normalized spacial score (nSPS) is 11.0. The van der Waals surface area contributed by atoms with Crippen LogP contribution in [0.15, 0.2) is 47.6 Å². The molecule has 0 saturated carbocycles. The van der Waals surface area contributed by atoms with Crippen LogP contribution in [0.2, 0.25) is 5.02 Å². The highest BCUT2D eigenvalue weighted by atomic mass is 35.5. The second-order valence-corrected chi connectivity index (χ2v) is 6.56. The summed E-state index contributed by atoms with van der Waals surface area (Å²) < 4.78 is 7.51. The Morgan fingerprint density at radius 2 is 1.96 bits per heavy atom. The maximum absolute atomic E-state index is 11.2. The largest absolute Gasteiger partial charge is 0.493 e. The highest BCUT2D eigenvalue weighted by Gasteiger charge is 2.20. The number of rotatable bonds is 8. The maximum atomic E-state index is 11.2. The van der Waals surface area contributed by atoms with Gasteiger partial charge in [0.2, 0.25) is 5.88 Å². The summed E-state index contributed by atoms with van der Waals surface area (Å²) >= 11 is 6.32. The number of hydrogen-bond donors (Lipinski definition) is 1. The Morgan fingerprint density at radius 1 is 1.15 bits per heavy atom. The molecule has 1 heterocycles. The molecular weight excluding hydrogens is 352 g/mol. The van der Waals surface area contributed by atoms with E-state index < -0.39 is 0 Å². The van der Waals surface area contributed by atoms with E-state index in [0.717, 1.165) is 30.6 Å². The molecule has 5 nitrogen and oxygen atoms in total. The van der Waals surface area contributed by atoms with Gasteiger partial charge in [0.1, 0.15) is 5.75 Å². The number of ether oxygens (including phenoxy) is 1. The molecule has 1 N–H and O–H groups in total. The van der Waals surface area contributed by atoms with Crippen LogP contribution in [0.5, 0.6) is 11.6 Å². The van der Waals surface area contributed by atoms with E-state index in [4.69, 9.17) is 16.3 Å². The van der Waals surface area contributed by atoms with Gasteiger partial charge < -0.3 is 14.4 Å². The van der Waals surface area contributed by atoms with Crippen molar-refractivity contribution in [3.8, 4) is 11.6 Å². The van der Waals surface area contributed by atoms with Gasteiger partial charge in [-0.25, -0.2) is 0 Å². The quantitative estimate of drug-likeness (QED) is 0.388. The minimum absolute atomic E-state index is 0.00356. The molecule has 6 heteroatoms. The van der Waals surface area contributed by atoms with E-state index >= 15 is 0 Å².